The number of hydrogen-bond donors (Lipinski definition) is 2. The number of aromatic amines is 1. The monoisotopic (exact) mass is 246 g/mol. The molecule has 1 aromatic heterocycles. The highest BCUT2D eigenvalue weighted by atomic mass is 16.5. The lowest BCUT2D eigenvalue weighted by Crippen LogP contribution is -2.36. The number of aromatic nitrogens is 1. The molecule has 2 aromatic rings. The van der Waals surface area contributed by atoms with E-state index in [1.54, 1.807) is 0 Å². The second-order valence-electron chi connectivity index (χ2n) is 4.58. The molecule has 18 heavy (non-hydrogen) atoms. The number of methoxy groups -OCH3 is 1. The molecule has 2 rings (SSSR count). The van der Waals surface area contributed by atoms with E-state index in [9.17, 15) is 4.79 Å². The van der Waals surface area contributed by atoms with Gasteiger partial charge in [-0.3, -0.25) is 4.79 Å². The van der Waals surface area contributed by atoms with Gasteiger partial charge in [-0.1, -0.05) is 25.1 Å². The molecule has 1 heterocycles. The number of ether oxygens (including phenoxy) is 1. The summed E-state index contributed by atoms with van der Waals surface area (Å²) in [5.74, 6) is -0.475. The first-order valence-electron chi connectivity index (χ1n) is 5.96. The Labute approximate surface area is 106 Å². The number of benzene rings is 1. The molecule has 0 saturated carbocycles. The second kappa shape index (κ2) is 4.82. The van der Waals surface area contributed by atoms with Crippen molar-refractivity contribution in [3.63, 3.8) is 0 Å². The van der Waals surface area contributed by atoms with Gasteiger partial charge in [0.2, 0.25) is 0 Å². The van der Waals surface area contributed by atoms with E-state index in [1.165, 1.54) is 12.7 Å². The Bertz CT molecular complexity index is 574. The van der Waals surface area contributed by atoms with E-state index in [0.29, 0.717) is 0 Å². The van der Waals surface area contributed by atoms with Crippen molar-refractivity contribution in [2.45, 2.75) is 25.8 Å². The van der Waals surface area contributed by atoms with Crippen LogP contribution in [-0.4, -0.2) is 24.1 Å². The van der Waals surface area contributed by atoms with Crippen molar-refractivity contribution in [3.05, 3.63) is 35.5 Å². The molecule has 0 aliphatic rings. The van der Waals surface area contributed by atoms with Crippen LogP contribution >= 0.6 is 0 Å². The SMILES string of the molecule is COC(=O)C(N)C(C)c1c[nH]c2c(C)cccc12. The van der Waals surface area contributed by atoms with Gasteiger partial charge >= 0.3 is 5.97 Å². The third kappa shape index (κ3) is 1.99. The average molecular weight is 246 g/mol. The van der Waals surface area contributed by atoms with Crippen LogP contribution in [0, 0.1) is 6.92 Å². The highest BCUT2D eigenvalue weighted by Crippen LogP contribution is 2.28. The van der Waals surface area contributed by atoms with E-state index in [1.807, 2.05) is 38.2 Å². The first kappa shape index (κ1) is 12.6. The summed E-state index contributed by atoms with van der Waals surface area (Å²) < 4.78 is 4.69. The molecule has 1 aromatic carbocycles. The highest BCUT2D eigenvalue weighted by Gasteiger charge is 2.25. The first-order chi connectivity index (χ1) is 8.56. The quantitative estimate of drug-likeness (QED) is 0.815. The summed E-state index contributed by atoms with van der Waals surface area (Å²) in [6, 6.07) is 5.45. The summed E-state index contributed by atoms with van der Waals surface area (Å²) in [6.07, 6.45) is 1.92. The van der Waals surface area contributed by atoms with Crippen molar-refractivity contribution in [2.75, 3.05) is 7.11 Å². The van der Waals surface area contributed by atoms with Gasteiger partial charge in [-0.15, -0.1) is 0 Å². The lowest BCUT2D eigenvalue weighted by atomic mass is 9.93. The zero-order chi connectivity index (χ0) is 13.3. The minimum absolute atomic E-state index is 0.0898. The van der Waals surface area contributed by atoms with Crippen LogP contribution in [0.4, 0.5) is 0 Å². The van der Waals surface area contributed by atoms with Crippen LogP contribution in [0.2, 0.25) is 0 Å². The summed E-state index contributed by atoms with van der Waals surface area (Å²) >= 11 is 0. The molecule has 0 amide bonds. The van der Waals surface area contributed by atoms with Crippen molar-refractivity contribution < 1.29 is 9.53 Å². The van der Waals surface area contributed by atoms with E-state index in [2.05, 4.69) is 4.98 Å². The standard InChI is InChI=1S/C14H18N2O2/c1-8-5-4-6-10-11(7-16-13(8)10)9(2)12(15)14(17)18-3/h4-7,9,12,16H,15H2,1-3H3. The van der Waals surface area contributed by atoms with Gasteiger partial charge in [-0.2, -0.15) is 0 Å². The molecule has 0 fully saturated rings. The van der Waals surface area contributed by atoms with Gasteiger partial charge < -0.3 is 15.5 Å². The third-order valence-corrected chi connectivity index (χ3v) is 3.46. The topological polar surface area (TPSA) is 68.1 Å². The van der Waals surface area contributed by atoms with Crippen molar-refractivity contribution >= 4 is 16.9 Å². The average Bonchev–Trinajstić information content (AvgIpc) is 2.81. The zero-order valence-corrected chi connectivity index (χ0v) is 10.9. The van der Waals surface area contributed by atoms with E-state index in [-0.39, 0.29) is 11.9 Å². The predicted octanol–water partition coefficient (Wildman–Crippen LogP) is 2.08. The fourth-order valence-electron chi connectivity index (χ4n) is 2.24. The Hall–Kier alpha value is -1.81. The number of H-pyrrole nitrogens is 1. The molecule has 2 atom stereocenters. The van der Waals surface area contributed by atoms with Gasteiger partial charge in [-0.25, -0.2) is 0 Å². The number of carbonyl (C=O) groups is 1. The fourth-order valence-corrected chi connectivity index (χ4v) is 2.24. The van der Waals surface area contributed by atoms with Gasteiger partial charge in [0.1, 0.15) is 6.04 Å². The number of aryl methyl sites for hydroxylation is 1. The molecule has 0 radical (unpaired) electrons. The fraction of sp³-hybridized carbons (Fsp3) is 0.357. The van der Waals surface area contributed by atoms with Crippen molar-refractivity contribution in [1.82, 2.24) is 4.98 Å². The van der Waals surface area contributed by atoms with E-state index in [4.69, 9.17) is 10.5 Å². The lowest BCUT2D eigenvalue weighted by Gasteiger charge is -2.17. The Balaban J connectivity index is 2.42. The molecule has 0 spiro atoms. The van der Waals surface area contributed by atoms with Crippen LogP contribution in [0.5, 0.6) is 0 Å². The maximum absolute atomic E-state index is 11.5. The van der Waals surface area contributed by atoms with Gasteiger partial charge in [-0.05, 0) is 18.1 Å². The van der Waals surface area contributed by atoms with E-state index >= 15 is 0 Å². The molecule has 3 N–H and O–H groups in total. The molecule has 0 aliphatic carbocycles. The number of hydrogen-bond acceptors (Lipinski definition) is 3. The van der Waals surface area contributed by atoms with Crippen LogP contribution in [0.3, 0.4) is 0 Å². The molecule has 0 bridgehead atoms. The van der Waals surface area contributed by atoms with E-state index in [0.717, 1.165) is 16.5 Å². The number of carbonyl (C=O) groups excluding carboxylic acids is 1. The van der Waals surface area contributed by atoms with Crippen LogP contribution < -0.4 is 5.73 Å². The summed E-state index contributed by atoms with van der Waals surface area (Å²) in [4.78, 5) is 14.7. The van der Waals surface area contributed by atoms with Crippen LogP contribution in [0.25, 0.3) is 10.9 Å². The number of rotatable bonds is 3. The largest absolute Gasteiger partial charge is 0.468 e. The number of fused-ring (bicyclic) bond motifs is 1. The molecule has 2 unspecified atom stereocenters. The number of para-hydroxylation sites is 1. The minimum atomic E-state index is -0.644. The van der Waals surface area contributed by atoms with Crippen molar-refractivity contribution in [3.8, 4) is 0 Å². The van der Waals surface area contributed by atoms with Crippen molar-refractivity contribution in [1.29, 1.82) is 0 Å². The molecular formula is C14H18N2O2. The number of nitrogens with two attached hydrogens (primary N) is 1. The smallest absolute Gasteiger partial charge is 0.323 e. The lowest BCUT2D eigenvalue weighted by molar-refractivity contribution is -0.142. The van der Waals surface area contributed by atoms with Crippen LogP contribution in [0.1, 0.15) is 24.0 Å². The second-order valence-corrected chi connectivity index (χ2v) is 4.58. The van der Waals surface area contributed by atoms with Crippen molar-refractivity contribution in [2.24, 2.45) is 5.73 Å². The molecule has 0 aliphatic heterocycles. The van der Waals surface area contributed by atoms with Gasteiger partial charge in [0.25, 0.3) is 0 Å². The zero-order valence-electron chi connectivity index (χ0n) is 10.9. The maximum atomic E-state index is 11.5. The molecule has 4 heteroatoms. The molecular weight excluding hydrogens is 228 g/mol. The highest BCUT2D eigenvalue weighted by molar-refractivity contribution is 5.87. The maximum Gasteiger partial charge on any atom is 0.323 e. The molecule has 4 nitrogen and oxygen atoms in total. The molecule has 96 valence electrons. The Morgan fingerprint density at radius 1 is 1.44 bits per heavy atom. The summed E-state index contributed by atoms with van der Waals surface area (Å²) in [5.41, 5.74) is 9.22. The number of nitrogens with one attached hydrogen (secondary N) is 1. The minimum Gasteiger partial charge on any atom is -0.468 e. The molecule has 0 saturated heterocycles. The van der Waals surface area contributed by atoms with E-state index < -0.39 is 6.04 Å². The van der Waals surface area contributed by atoms with Crippen LogP contribution in [0.15, 0.2) is 24.4 Å². The van der Waals surface area contributed by atoms with Crippen LogP contribution in [-0.2, 0) is 9.53 Å². The van der Waals surface area contributed by atoms with Gasteiger partial charge in [0, 0.05) is 23.0 Å². The Morgan fingerprint density at radius 2 is 2.17 bits per heavy atom. The van der Waals surface area contributed by atoms with Gasteiger partial charge in [0.15, 0.2) is 0 Å². The summed E-state index contributed by atoms with van der Waals surface area (Å²) in [7, 11) is 1.36. The Morgan fingerprint density at radius 3 is 2.83 bits per heavy atom. The normalized spacial score (nSPS) is 14.4. The summed E-state index contributed by atoms with van der Waals surface area (Å²) in [6.45, 7) is 3.99. The Kier molecular flexibility index (Phi) is 3.39. The predicted molar refractivity (Wildman–Crippen MR) is 71.4 cm³/mol. The summed E-state index contributed by atoms with van der Waals surface area (Å²) in [5, 5.41) is 1.11. The number of esters is 1. The first-order valence-corrected chi connectivity index (χ1v) is 5.96. The third-order valence-electron chi connectivity index (χ3n) is 3.46. The van der Waals surface area contributed by atoms with Gasteiger partial charge in [0.05, 0.1) is 7.11 Å².